The Bertz CT molecular complexity index is 3450. The molecular weight excluding hydrogens is 1350 g/mol. The van der Waals surface area contributed by atoms with E-state index in [1.807, 2.05) is 43.3 Å². The van der Waals surface area contributed by atoms with Gasteiger partial charge in [-0.05, 0) is 47.0 Å². The van der Waals surface area contributed by atoms with Crippen LogP contribution in [0.5, 0.6) is 5.75 Å². The second-order valence-corrected chi connectivity index (χ2v) is 25.5. The highest BCUT2D eigenvalue weighted by Gasteiger charge is 2.55. The van der Waals surface area contributed by atoms with E-state index in [4.69, 9.17) is 39.9 Å². The van der Waals surface area contributed by atoms with Crippen molar-refractivity contribution in [2.45, 2.75) is 166 Å². The van der Waals surface area contributed by atoms with E-state index in [0.29, 0.717) is 5.56 Å². The Hall–Kier alpha value is -8.52. The second kappa shape index (κ2) is 34.6. The molecule has 0 spiro atoms. The molecule has 3 aromatic carbocycles. The summed E-state index contributed by atoms with van der Waals surface area (Å²) >= 11 is 0. The van der Waals surface area contributed by atoms with Gasteiger partial charge in [0.15, 0.2) is 18.4 Å². The number of guanidine groups is 2. The monoisotopic (exact) mass is 1440 g/mol. The van der Waals surface area contributed by atoms with E-state index >= 15 is 9.59 Å². The van der Waals surface area contributed by atoms with E-state index < -0.39 is 234 Å². The van der Waals surface area contributed by atoms with Crippen LogP contribution in [0.3, 0.4) is 0 Å². The Morgan fingerprint density at radius 2 is 1.20 bits per heavy atom. The third-order valence-corrected chi connectivity index (χ3v) is 18.4. The van der Waals surface area contributed by atoms with Gasteiger partial charge in [0.25, 0.3) is 0 Å². The molecule has 6 aliphatic heterocycles. The van der Waals surface area contributed by atoms with Gasteiger partial charge in [-0.3, -0.25) is 39.8 Å². The number of ether oxygens (including phenoxy) is 6. The molecule has 38 nitrogen and oxygen atoms in total. The highest BCUT2D eigenvalue weighted by Crippen LogP contribution is 2.33. The fraction of sp³-hybridized carbons (Fsp3) is 0.562. The molecule has 6 amide bonds. The van der Waals surface area contributed by atoms with Gasteiger partial charge in [-0.2, -0.15) is 0 Å². The fourth-order valence-electron chi connectivity index (χ4n) is 12.5. The minimum Gasteiger partial charge on any atom is -0.492 e. The summed E-state index contributed by atoms with van der Waals surface area (Å²) in [5.74, 6) is -8.84. The molecule has 1 unspecified atom stereocenters. The predicted molar refractivity (Wildman–Crippen MR) is 351 cm³/mol. The lowest BCUT2D eigenvalue weighted by Crippen LogP contribution is -2.68. The minimum absolute atomic E-state index is 0.0670. The Morgan fingerprint density at radius 3 is 1.83 bits per heavy atom. The first-order valence-corrected chi connectivity index (χ1v) is 32.7. The molecular formula is C64H90N13O25+. The van der Waals surface area contributed by atoms with Crippen LogP contribution in [0.15, 0.2) is 90.1 Å². The second-order valence-electron chi connectivity index (χ2n) is 25.5. The lowest BCUT2D eigenvalue weighted by Gasteiger charge is -2.46. The van der Waals surface area contributed by atoms with E-state index in [9.17, 15) is 85.6 Å². The normalized spacial score (nSPS) is 34.8. The summed E-state index contributed by atoms with van der Waals surface area (Å²) in [6.45, 7) is -3.67. The van der Waals surface area contributed by atoms with E-state index in [0.717, 1.165) is 15.8 Å². The van der Waals surface area contributed by atoms with Gasteiger partial charge in [-0.25, -0.2) is 9.57 Å². The number of nitrogens with two attached hydrogens (primary N) is 2. The van der Waals surface area contributed by atoms with Crippen molar-refractivity contribution >= 4 is 59.1 Å². The van der Waals surface area contributed by atoms with Crippen molar-refractivity contribution in [2.24, 2.45) is 16.5 Å². The quantitative estimate of drug-likeness (QED) is 0.0348. The average Bonchev–Trinajstić information content (AvgIpc) is 1.43. The number of anilines is 1. The van der Waals surface area contributed by atoms with Crippen LogP contribution in [0.25, 0.3) is 6.08 Å². The summed E-state index contributed by atoms with van der Waals surface area (Å²) in [5.41, 5.74) is 14.6. The van der Waals surface area contributed by atoms with E-state index in [-0.39, 0.29) is 29.8 Å². The summed E-state index contributed by atoms with van der Waals surface area (Å²) in [4.78, 5) is 93.6. The molecule has 9 rings (SSSR count). The largest absolute Gasteiger partial charge is 0.492 e. The van der Waals surface area contributed by atoms with Gasteiger partial charge < -0.3 is 143 Å². The molecule has 0 bridgehead atoms. The van der Waals surface area contributed by atoms with E-state index in [1.54, 1.807) is 43.3 Å². The Kier molecular flexibility index (Phi) is 26.4. The van der Waals surface area contributed by atoms with Gasteiger partial charge in [-0.15, -0.1) is 0 Å². The number of aliphatic hydroxyl groups is 13. The standard InChI is InChI=1S/C64H89N13O25/c1-27(30-7-5-4-6-8-30)41-57(94)70-33(19-29-11-15-32(16-12-29)98-61-52(91)49(88)54(39(26-81)101-61)102-62-51(90)48(87)53(38(25-80)100-62)97-18-17-28-9-13-31(14-10-28)76(2)3)56(93)74-42(44(83)34-20-68-63(65)72-34)59(96)75-43(58(95)71-35(23-78)55(92)67-22-40(82)73-41)45(84)36-21-69-64(66)77(36)60-50(89)47(86)46(85)37(24-79)99-60/h4-18,27,33-39,41-54,60-62,78-81,83-91H,19-26H2,1-3H3,(H11,65,66,67,68,69,70,71,72,73,74,75,82,92,93,94,95,96)/p+1/b18-17+/t27-,33-,34+,35?,36+,37+,38+,39-,41-,42+,43-,44-,45-,46+,47+,48-,49+,50+,51+,52-,53+,54+,60-,61-,62+/m1/s1. The first kappa shape index (κ1) is 77.6. The van der Waals surface area contributed by atoms with Crippen molar-refractivity contribution in [1.29, 1.82) is 0 Å². The third kappa shape index (κ3) is 17.9. The molecule has 0 aliphatic carbocycles. The summed E-state index contributed by atoms with van der Waals surface area (Å²) in [5, 5.41) is 163. The van der Waals surface area contributed by atoms with Crippen LogP contribution in [-0.4, -0.2) is 325 Å². The summed E-state index contributed by atoms with van der Waals surface area (Å²) < 4.78 is 35.9. The number of nitrogens with zero attached hydrogens (tertiary/aromatic N) is 3. The smallest absolute Gasteiger partial charge is 0.346 e. The van der Waals surface area contributed by atoms with Crippen molar-refractivity contribution in [2.75, 3.05) is 65.1 Å². The van der Waals surface area contributed by atoms with Gasteiger partial charge >= 0.3 is 5.96 Å². The van der Waals surface area contributed by atoms with Gasteiger partial charge in [0.05, 0.1) is 45.3 Å². The van der Waals surface area contributed by atoms with Crippen LogP contribution in [0.2, 0.25) is 0 Å². The maximum atomic E-state index is 15.2. The number of benzene rings is 3. The van der Waals surface area contributed by atoms with Gasteiger partial charge in [-0.1, -0.05) is 61.5 Å². The zero-order chi connectivity index (χ0) is 74.0. The van der Waals surface area contributed by atoms with Crippen molar-refractivity contribution < 1.29 is 128 Å². The molecule has 25 N–H and O–H groups in total. The maximum Gasteiger partial charge on any atom is 0.346 e. The van der Waals surface area contributed by atoms with Crippen LogP contribution in [0, 0.1) is 0 Å². The lowest BCUT2D eigenvalue weighted by molar-refractivity contribution is -0.663. The highest BCUT2D eigenvalue weighted by atomic mass is 16.7. The molecule has 560 valence electrons. The zero-order valence-electron chi connectivity index (χ0n) is 55.5. The number of hydrogen-bond donors (Lipinski definition) is 23. The molecule has 6 aliphatic rings. The molecule has 6 heterocycles. The first-order chi connectivity index (χ1) is 48.7. The number of hydrogen-bond acceptors (Lipinski definition) is 31. The molecule has 0 aromatic heterocycles. The van der Waals surface area contributed by atoms with Crippen LogP contribution < -0.4 is 63.6 Å². The lowest BCUT2D eigenvalue weighted by atomic mass is 9.92. The summed E-state index contributed by atoms with van der Waals surface area (Å²) in [7, 11) is 3.77. The number of carbonyl (C=O) groups is 6. The molecule has 0 saturated carbocycles. The predicted octanol–water partition coefficient (Wildman–Crippen LogP) is -11.5. The maximum absolute atomic E-state index is 15.2. The molecule has 38 heteroatoms. The molecule has 4 fully saturated rings. The Labute approximate surface area is 582 Å². The van der Waals surface area contributed by atoms with Gasteiger partial charge in [0.2, 0.25) is 48.0 Å². The van der Waals surface area contributed by atoms with Crippen molar-refractivity contribution in [3.8, 4) is 5.75 Å². The van der Waals surface area contributed by atoms with Crippen LogP contribution in [0.1, 0.15) is 29.5 Å². The molecule has 0 radical (unpaired) electrons. The molecule has 25 atom stereocenters. The van der Waals surface area contributed by atoms with Crippen molar-refractivity contribution in [1.82, 2.24) is 42.5 Å². The summed E-state index contributed by atoms with van der Waals surface area (Å²) in [6.07, 6.45) is -28.1. The number of rotatable bonds is 21. The average molecular weight is 1440 g/mol. The van der Waals surface area contributed by atoms with E-state index in [2.05, 4.69) is 47.5 Å². The highest BCUT2D eigenvalue weighted by molar-refractivity contribution is 5.98. The third-order valence-electron chi connectivity index (χ3n) is 18.4. The molecule has 3 aromatic rings. The number of amides is 6. The summed E-state index contributed by atoms with van der Waals surface area (Å²) in [6, 6.07) is 8.26. The minimum atomic E-state index is -2.33. The number of aliphatic imine (C=N–C) groups is 1. The van der Waals surface area contributed by atoms with Gasteiger partial charge in [0.1, 0.15) is 128 Å². The Morgan fingerprint density at radius 1 is 0.598 bits per heavy atom. The van der Waals surface area contributed by atoms with Crippen molar-refractivity contribution in [3.63, 3.8) is 0 Å². The number of aliphatic hydroxyl groups excluding tert-OH is 13. The van der Waals surface area contributed by atoms with Gasteiger partial charge in [0, 0.05) is 38.7 Å². The zero-order valence-corrected chi connectivity index (χ0v) is 55.5. The van der Waals surface area contributed by atoms with Crippen LogP contribution >= 0.6 is 0 Å². The molecule has 102 heavy (non-hydrogen) atoms. The van der Waals surface area contributed by atoms with Crippen LogP contribution in [-0.2, 0) is 58.9 Å². The fourth-order valence-corrected chi connectivity index (χ4v) is 12.5. The Balaban J connectivity index is 0.971. The number of carbonyl (C=O) groups excluding carboxylic acids is 6. The number of nitrogens with one attached hydrogen (secondary N) is 8. The first-order valence-electron chi connectivity index (χ1n) is 32.7. The van der Waals surface area contributed by atoms with Crippen molar-refractivity contribution in [3.05, 3.63) is 102 Å². The van der Waals surface area contributed by atoms with E-state index in [1.165, 1.54) is 30.5 Å². The van der Waals surface area contributed by atoms with Crippen LogP contribution in [0.4, 0.5) is 5.69 Å². The SMILES string of the molecule is C[C@H](c1ccccc1)[C@H]1NC(=O)CNC(=O)C(CO)NC(=O)[C@@H]([C@H](O)[C@@H]2CNC(N)=[N+]2[C@@H]2O[C@@H](CO)[C@H](O)[C@H](O)[C@@H]2O)NC(=O)[C@H]([C@H](O)[C@@H]2CNC(N)=N2)NC(=O)[C@@H](Cc2ccc(O[C@@H]3O[C@H](CO)[C@H](O[C@@H]4O[C@@H](CO)[C@H](O/C=C/c5ccc(N(C)C)cc5)[C@H](O)[C@@H]4O)[C@@H](O)[C@H]3O)cc2)NC1=O. The topological polar surface area (TPSA) is 588 Å². The molecule has 4 saturated heterocycles.